The number of benzene rings is 3. The Kier molecular flexibility index (Phi) is 8.25. The zero-order valence-electron chi connectivity index (χ0n) is 19.3. The van der Waals surface area contributed by atoms with Gasteiger partial charge >= 0.3 is 0 Å². The van der Waals surface area contributed by atoms with Crippen molar-refractivity contribution in [3.8, 4) is 5.75 Å². The molecule has 0 atom stereocenters. The fourth-order valence-corrected chi connectivity index (χ4v) is 4.73. The minimum absolute atomic E-state index is 0.00738. The van der Waals surface area contributed by atoms with E-state index in [1.807, 2.05) is 78.9 Å². The number of unbranched alkanes of at least 4 members (excludes halogenated alkanes) is 1. The van der Waals surface area contributed by atoms with Gasteiger partial charge in [0.2, 0.25) is 0 Å². The highest BCUT2D eigenvalue weighted by Crippen LogP contribution is 2.36. The van der Waals surface area contributed by atoms with Crippen molar-refractivity contribution in [2.75, 3.05) is 6.54 Å². The van der Waals surface area contributed by atoms with Gasteiger partial charge in [-0.05, 0) is 67.1 Å². The van der Waals surface area contributed by atoms with E-state index in [2.05, 4.69) is 29.8 Å². The Bertz CT molecular complexity index is 1200. The van der Waals surface area contributed by atoms with Gasteiger partial charge in [0.15, 0.2) is 5.17 Å². The van der Waals surface area contributed by atoms with E-state index in [1.165, 1.54) is 17.3 Å². The summed E-state index contributed by atoms with van der Waals surface area (Å²) in [5, 5.41) is 0.724. The number of hydrogen-bond donors (Lipinski definition) is 0. The van der Waals surface area contributed by atoms with E-state index < -0.39 is 0 Å². The predicted octanol–water partition coefficient (Wildman–Crippen LogP) is 7.74. The molecule has 1 fully saturated rings. The molecule has 0 aromatic heterocycles. The lowest BCUT2D eigenvalue weighted by molar-refractivity contribution is -0.122. The summed E-state index contributed by atoms with van der Waals surface area (Å²) < 4.78 is 7.15. The van der Waals surface area contributed by atoms with Crippen molar-refractivity contribution < 1.29 is 9.53 Å². The second-order valence-electron chi connectivity index (χ2n) is 8.10. The first-order valence-corrected chi connectivity index (χ1v) is 13.0. The van der Waals surface area contributed by atoms with Gasteiger partial charge in [0.1, 0.15) is 12.4 Å². The molecule has 1 saturated heterocycles. The monoisotopic (exact) mass is 534 g/mol. The van der Waals surface area contributed by atoms with Crippen LogP contribution in [0.5, 0.6) is 5.75 Å². The van der Waals surface area contributed by atoms with Gasteiger partial charge in [-0.25, -0.2) is 4.99 Å². The zero-order valence-corrected chi connectivity index (χ0v) is 21.7. The van der Waals surface area contributed by atoms with E-state index in [0.717, 1.165) is 45.0 Å². The van der Waals surface area contributed by atoms with Crippen molar-refractivity contribution in [1.82, 2.24) is 4.90 Å². The molecule has 0 spiro atoms. The van der Waals surface area contributed by atoms with Gasteiger partial charge in [-0.2, -0.15) is 0 Å². The Balaban J connectivity index is 1.58. The van der Waals surface area contributed by atoms with E-state index in [4.69, 9.17) is 9.73 Å². The van der Waals surface area contributed by atoms with Gasteiger partial charge in [-0.3, -0.25) is 9.69 Å². The smallest absolute Gasteiger partial charge is 0.266 e. The molecule has 0 aliphatic carbocycles. The molecule has 34 heavy (non-hydrogen) atoms. The fourth-order valence-electron chi connectivity index (χ4n) is 3.45. The van der Waals surface area contributed by atoms with Crippen molar-refractivity contribution in [1.29, 1.82) is 0 Å². The molecule has 6 heteroatoms. The van der Waals surface area contributed by atoms with Crippen molar-refractivity contribution in [2.24, 2.45) is 4.99 Å². The quantitative estimate of drug-likeness (QED) is 0.277. The number of halogens is 1. The van der Waals surface area contributed by atoms with Crippen molar-refractivity contribution >= 4 is 50.5 Å². The maximum Gasteiger partial charge on any atom is 0.266 e. The molecule has 0 unspecified atom stereocenters. The van der Waals surface area contributed by atoms with Gasteiger partial charge in [0.05, 0.1) is 10.6 Å². The summed E-state index contributed by atoms with van der Waals surface area (Å²) in [5.41, 5.74) is 3.99. The van der Waals surface area contributed by atoms with Gasteiger partial charge < -0.3 is 4.74 Å². The Morgan fingerprint density at radius 3 is 2.50 bits per heavy atom. The number of aryl methyl sites for hydroxylation is 1. The van der Waals surface area contributed by atoms with Crippen LogP contribution in [-0.2, 0) is 11.4 Å². The van der Waals surface area contributed by atoms with Crippen LogP contribution in [0.2, 0.25) is 0 Å². The summed E-state index contributed by atoms with van der Waals surface area (Å²) in [6.45, 7) is 5.29. The molecule has 0 radical (unpaired) electrons. The van der Waals surface area contributed by atoms with Crippen LogP contribution in [0.25, 0.3) is 6.08 Å². The molecule has 4 nitrogen and oxygen atoms in total. The van der Waals surface area contributed by atoms with Crippen LogP contribution in [0.3, 0.4) is 0 Å². The zero-order chi connectivity index (χ0) is 23.9. The highest BCUT2D eigenvalue weighted by molar-refractivity contribution is 9.10. The van der Waals surface area contributed by atoms with Crippen LogP contribution in [0.1, 0.15) is 36.5 Å². The lowest BCUT2D eigenvalue weighted by atomic mass is 10.1. The van der Waals surface area contributed by atoms with Crippen molar-refractivity contribution in [3.05, 3.63) is 98.9 Å². The number of carbonyl (C=O) groups excluding carboxylic acids is 1. The third-order valence-electron chi connectivity index (χ3n) is 5.40. The molecule has 1 aliphatic heterocycles. The van der Waals surface area contributed by atoms with E-state index >= 15 is 0 Å². The van der Waals surface area contributed by atoms with Crippen LogP contribution >= 0.6 is 27.7 Å². The van der Waals surface area contributed by atoms with Gasteiger partial charge in [-0.15, -0.1) is 0 Å². The summed E-state index contributed by atoms with van der Waals surface area (Å²) >= 11 is 4.88. The standard InChI is InChI=1S/C28H27BrN2O2S/c1-3-4-17-31-27(32)26(34-28(31)30-24-15-9-20(2)10-16-24)18-22-7-5-6-8-25(22)33-19-21-11-13-23(29)14-12-21/h5-16,18H,3-4,17,19H2,1-2H3/b26-18+,30-28?. The molecule has 3 aromatic rings. The van der Waals surface area contributed by atoms with E-state index in [0.29, 0.717) is 18.1 Å². The number of hydrogen-bond acceptors (Lipinski definition) is 4. The van der Waals surface area contributed by atoms with E-state index in [1.54, 1.807) is 4.90 Å². The number of ether oxygens (including phenoxy) is 1. The first-order chi connectivity index (χ1) is 16.5. The molecular weight excluding hydrogens is 508 g/mol. The highest BCUT2D eigenvalue weighted by atomic mass is 79.9. The molecule has 0 N–H and O–H groups in total. The Labute approximate surface area is 213 Å². The van der Waals surface area contributed by atoms with E-state index in [9.17, 15) is 4.79 Å². The molecule has 3 aromatic carbocycles. The lowest BCUT2D eigenvalue weighted by Crippen LogP contribution is -2.30. The highest BCUT2D eigenvalue weighted by Gasteiger charge is 2.33. The Morgan fingerprint density at radius 2 is 1.76 bits per heavy atom. The van der Waals surface area contributed by atoms with Crippen LogP contribution in [0.15, 0.2) is 87.2 Å². The van der Waals surface area contributed by atoms with Crippen LogP contribution in [0.4, 0.5) is 5.69 Å². The van der Waals surface area contributed by atoms with Crippen molar-refractivity contribution in [3.63, 3.8) is 0 Å². The molecule has 174 valence electrons. The summed E-state index contributed by atoms with van der Waals surface area (Å²) in [5.74, 6) is 0.738. The number of para-hydroxylation sites is 1. The number of carbonyl (C=O) groups is 1. The van der Waals surface area contributed by atoms with Crippen LogP contribution in [-0.4, -0.2) is 22.5 Å². The SMILES string of the molecule is CCCCN1C(=O)/C(=C\c2ccccc2OCc2ccc(Br)cc2)SC1=Nc1ccc(C)cc1. The van der Waals surface area contributed by atoms with E-state index in [-0.39, 0.29) is 5.91 Å². The Morgan fingerprint density at radius 1 is 1.03 bits per heavy atom. The third-order valence-corrected chi connectivity index (χ3v) is 6.93. The fraction of sp³-hybridized carbons (Fsp3) is 0.214. The minimum Gasteiger partial charge on any atom is -0.488 e. The number of amidine groups is 1. The maximum atomic E-state index is 13.3. The number of thioether (sulfide) groups is 1. The van der Waals surface area contributed by atoms with Crippen LogP contribution in [0, 0.1) is 6.92 Å². The average Bonchev–Trinajstić information content (AvgIpc) is 3.13. The number of rotatable bonds is 8. The number of amides is 1. The maximum absolute atomic E-state index is 13.3. The molecule has 0 saturated carbocycles. The molecule has 1 heterocycles. The first-order valence-electron chi connectivity index (χ1n) is 11.4. The third kappa shape index (κ3) is 6.19. The van der Waals surface area contributed by atoms with Crippen molar-refractivity contribution in [2.45, 2.75) is 33.3 Å². The molecule has 0 bridgehead atoms. The summed E-state index contributed by atoms with van der Waals surface area (Å²) in [7, 11) is 0. The second kappa shape index (κ2) is 11.5. The Hall–Kier alpha value is -2.83. The van der Waals surface area contributed by atoms with Gasteiger partial charge in [0, 0.05) is 16.6 Å². The predicted molar refractivity (Wildman–Crippen MR) is 145 cm³/mol. The summed E-state index contributed by atoms with van der Waals surface area (Å²) in [6.07, 6.45) is 3.86. The minimum atomic E-state index is -0.00738. The summed E-state index contributed by atoms with van der Waals surface area (Å²) in [6, 6.07) is 23.9. The van der Waals surface area contributed by atoms with Gasteiger partial charge in [0.25, 0.3) is 5.91 Å². The second-order valence-corrected chi connectivity index (χ2v) is 10.0. The number of aliphatic imine (C=N–C) groups is 1. The largest absolute Gasteiger partial charge is 0.488 e. The molecule has 1 aliphatic rings. The topological polar surface area (TPSA) is 41.9 Å². The van der Waals surface area contributed by atoms with Gasteiger partial charge in [-0.1, -0.05) is 77.3 Å². The molecular formula is C28H27BrN2O2S. The first kappa shape index (κ1) is 24.3. The summed E-state index contributed by atoms with van der Waals surface area (Å²) in [4.78, 5) is 20.5. The molecule has 4 rings (SSSR count). The van der Waals surface area contributed by atoms with Crippen LogP contribution < -0.4 is 4.74 Å². The average molecular weight is 536 g/mol. The normalized spacial score (nSPS) is 16.0. The molecule has 1 amide bonds. The number of nitrogens with zero attached hydrogens (tertiary/aromatic N) is 2. The lowest BCUT2D eigenvalue weighted by Gasteiger charge is -2.14.